The van der Waals surface area contributed by atoms with Gasteiger partial charge in [0.25, 0.3) is 5.91 Å². The van der Waals surface area contributed by atoms with E-state index in [4.69, 9.17) is 14.2 Å². The molecule has 0 aliphatic heterocycles. The van der Waals surface area contributed by atoms with Crippen molar-refractivity contribution in [2.45, 2.75) is 6.61 Å². The number of hydrogen-bond acceptors (Lipinski definition) is 4. The van der Waals surface area contributed by atoms with Crippen molar-refractivity contribution in [2.24, 2.45) is 0 Å². The molecule has 1 N–H and O–H groups in total. The van der Waals surface area contributed by atoms with Gasteiger partial charge in [-0.05, 0) is 70.5 Å². The quantitative estimate of drug-likeness (QED) is 0.540. The second-order valence-electron chi connectivity index (χ2n) is 5.92. The molecule has 0 fully saturated rings. The summed E-state index contributed by atoms with van der Waals surface area (Å²) in [7, 11) is 3.21. The number of halogens is 1. The monoisotopic (exact) mass is 441 g/mol. The Morgan fingerprint density at radius 1 is 0.929 bits per heavy atom. The Hall–Kier alpha value is -2.99. The molecular weight excluding hydrogens is 422 g/mol. The van der Waals surface area contributed by atoms with Gasteiger partial charge in [0.1, 0.15) is 23.9 Å². The topological polar surface area (TPSA) is 56.8 Å². The molecule has 0 unspecified atom stereocenters. The molecule has 0 radical (unpaired) electrons. The number of nitrogens with one attached hydrogen (secondary N) is 1. The SMILES string of the molecule is COc1ccc(OCc2cc(C(=O)Nc3ccccc3Br)ccc2OC)cc1. The van der Waals surface area contributed by atoms with Crippen LogP contribution in [0.25, 0.3) is 0 Å². The average Bonchev–Trinajstić information content (AvgIpc) is 2.74. The second-order valence-corrected chi connectivity index (χ2v) is 6.78. The molecule has 144 valence electrons. The minimum Gasteiger partial charge on any atom is -0.497 e. The van der Waals surface area contributed by atoms with Crippen LogP contribution in [0, 0.1) is 0 Å². The highest BCUT2D eigenvalue weighted by atomic mass is 79.9. The highest BCUT2D eigenvalue weighted by Gasteiger charge is 2.12. The summed E-state index contributed by atoms with van der Waals surface area (Å²) in [5.41, 5.74) is 2.00. The summed E-state index contributed by atoms with van der Waals surface area (Å²) in [5, 5.41) is 2.90. The van der Waals surface area contributed by atoms with Gasteiger partial charge in [0, 0.05) is 15.6 Å². The van der Waals surface area contributed by atoms with E-state index in [2.05, 4.69) is 21.2 Å². The third-order valence-corrected chi connectivity index (χ3v) is 4.81. The highest BCUT2D eigenvalue weighted by Crippen LogP contribution is 2.25. The van der Waals surface area contributed by atoms with Crippen molar-refractivity contribution < 1.29 is 19.0 Å². The van der Waals surface area contributed by atoms with Crippen LogP contribution in [0.2, 0.25) is 0 Å². The zero-order chi connectivity index (χ0) is 19.9. The average molecular weight is 442 g/mol. The number of carbonyl (C=O) groups excluding carboxylic acids is 1. The van der Waals surface area contributed by atoms with E-state index in [1.54, 1.807) is 32.4 Å². The zero-order valence-corrected chi connectivity index (χ0v) is 17.2. The van der Waals surface area contributed by atoms with Crippen molar-refractivity contribution in [2.75, 3.05) is 19.5 Å². The molecule has 3 aromatic rings. The van der Waals surface area contributed by atoms with E-state index in [0.29, 0.717) is 22.7 Å². The van der Waals surface area contributed by atoms with Gasteiger partial charge in [-0.15, -0.1) is 0 Å². The number of para-hydroxylation sites is 1. The van der Waals surface area contributed by atoms with Crippen LogP contribution in [0.5, 0.6) is 17.2 Å². The Balaban J connectivity index is 1.75. The van der Waals surface area contributed by atoms with Gasteiger partial charge in [0.2, 0.25) is 0 Å². The van der Waals surface area contributed by atoms with Crippen LogP contribution in [-0.2, 0) is 6.61 Å². The van der Waals surface area contributed by atoms with Crippen LogP contribution in [-0.4, -0.2) is 20.1 Å². The zero-order valence-electron chi connectivity index (χ0n) is 15.6. The van der Waals surface area contributed by atoms with Crippen LogP contribution in [0.1, 0.15) is 15.9 Å². The summed E-state index contributed by atoms with van der Waals surface area (Å²) in [6, 6.07) is 20.0. The number of hydrogen-bond donors (Lipinski definition) is 1. The first-order chi connectivity index (χ1) is 13.6. The van der Waals surface area contributed by atoms with Crippen LogP contribution in [0.3, 0.4) is 0 Å². The van der Waals surface area contributed by atoms with Gasteiger partial charge in [-0.25, -0.2) is 0 Å². The minimum atomic E-state index is -0.208. The molecule has 0 heterocycles. The molecule has 0 saturated carbocycles. The standard InChI is InChI=1S/C22H20BrNO4/c1-26-17-8-10-18(11-9-17)28-14-16-13-15(7-12-21(16)27-2)22(25)24-20-6-4-3-5-19(20)23/h3-13H,14H2,1-2H3,(H,24,25). The Bertz CT molecular complexity index is 957. The predicted octanol–water partition coefficient (Wildman–Crippen LogP) is 5.30. The van der Waals surface area contributed by atoms with E-state index in [-0.39, 0.29) is 12.5 Å². The lowest BCUT2D eigenvalue weighted by molar-refractivity contribution is 0.102. The number of ether oxygens (including phenoxy) is 3. The Labute approximate surface area is 172 Å². The third-order valence-electron chi connectivity index (χ3n) is 4.12. The van der Waals surface area contributed by atoms with Gasteiger partial charge >= 0.3 is 0 Å². The second kappa shape index (κ2) is 9.28. The lowest BCUT2D eigenvalue weighted by Crippen LogP contribution is -2.13. The van der Waals surface area contributed by atoms with Gasteiger partial charge in [-0.1, -0.05) is 12.1 Å². The number of amides is 1. The van der Waals surface area contributed by atoms with Crippen LogP contribution < -0.4 is 19.5 Å². The summed E-state index contributed by atoms with van der Waals surface area (Å²) in [6.45, 7) is 0.269. The lowest BCUT2D eigenvalue weighted by atomic mass is 10.1. The molecule has 0 aliphatic rings. The van der Waals surface area contributed by atoms with E-state index < -0.39 is 0 Å². The Kier molecular flexibility index (Phi) is 6.55. The first-order valence-corrected chi connectivity index (χ1v) is 9.39. The molecule has 0 spiro atoms. The van der Waals surface area contributed by atoms with Crippen molar-refractivity contribution >= 4 is 27.5 Å². The maximum atomic E-state index is 12.6. The molecule has 0 bridgehead atoms. The van der Waals surface area contributed by atoms with Gasteiger partial charge in [-0.3, -0.25) is 4.79 Å². The summed E-state index contributed by atoms with van der Waals surface area (Å²) in [5.74, 6) is 1.91. The Morgan fingerprint density at radius 3 is 2.32 bits per heavy atom. The van der Waals surface area contributed by atoms with Gasteiger partial charge in [-0.2, -0.15) is 0 Å². The molecule has 0 atom stereocenters. The summed E-state index contributed by atoms with van der Waals surface area (Å²) >= 11 is 3.43. The van der Waals surface area contributed by atoms with Crippen LogP contribution in [0.15, 0.2) is 71.2 Å². The van der Waals surface area contributed by atoms with Crippen LogP contribution in [0.4, 0.5) is 5.69 Å². The fourth-order valence-corrected chi connectivity index (χ4v) is 3.01. The Morgan fingerprint density at radius 2 is 1.64 bits per heavy atom. The predicted molar refractivity (Wildman–Crippen MR) is 112 cm³/mol. The van der Waals surface area contributed by atoms with E-state index >= 15 is 0 Å². The molecular formula is C22H20BrNO4. The van der Waals surface area contributed by atoms with Gasteiger partial charge < -0.3 is 19.5 Å². The van der Waals surface area contributed by atoms with Crippen molar-refractivity contribution in [1.29, 1.82) is 0 Å². The van der Waals surface area contributed by atoms with Crippen molar-refractivity contribution in [1.82, 2.24) is 0 Å². The molecule has 3 aromatic carbocycles. The summed E-state index contributed by atoms with van der Waals surface area (Å²) in [4.78, 5) is 12.6. The highest BCUT2D eigenvalue weighted by molar-refractivity contribution is 9.10. The largest absolute Gasteiger partial charge is 0.497 e. The molecule has 28 heavy (non-hydrogen) atoms. The number of carbonyl (C=O) groups is 1. The molecule has 3 rings (SSSR count). The number of benzene rings is 3. The van der Waals surface area contributed by atoms with E-state index in [0.717, 1.165) is 15.8 Å². The summed E-state index contributed by atoms with van der Waals surface area (Å²) < 4.78 is 17.2. The summed E-state index contributed by atoms with van der Waals surface area (Å²) in [6.07, 6.45) is 0. The molecule has 5 nitrogen and oxygen atoms in total. The van der Waals surface area contributed by atoms with E-state index in [9.17, 15) is 4.79 Å². The molecule has 6 heteroatoms. The normalized spacial score (nSPS) is 10.2. The first-order valence-electron chi connectivity index (χ1n) is 8.60. The van der Waals surface area contributed by atoms with Gasteiger partial charge in [0.15, 0.2) is 0 Å². The molecule has 0 saturated heterocycles. The fraction of sp³-hybridized carbons (Fsp3) is 0.136. The van der Waals surface area contributed by atoms with Crippen molar-refractivity contribution in [3.63, 3.8) is 0 Å². The van der Waals surface area contributed by atoms with Crippen LogP contribution >= 0.6 is 15.9 Å². The molecule has 1 amide bonds. The first kappa shape index (κ1) is 19.8. The van der Waals surface area contributed by atoms with Crippen molar-refractivity contribution in [3.8, 4) is 17.2 Å². The van der Waals surface area contributed by atoms with E-state index in [1.807, 2.05) is 48.5 Å². The van der Waals surface area contributed by atoms with Crippen molar-refractivity contribution in [3.05, 3.63) is 82.3 Å². The number of anilines is 1. The third kappa shape index (κ3) is 4.84. The fourth-order valence-electron chi connectivity index (χ4n) is 2.62. The minimum absolute atomic E-state index is 0.208. The molecule has 0 aromatic heterocycles. The van der Waals surface area contributed by atoms with Gasteiger partial charge in [0.05, 0.1) is 19.9 Å². The molecule has 0 aliphatic carbocycles. The maximum Gasteiger partial charge on any atom is 0.255 e. The van der Waals surface area contributed by atoms with E-state index in [1.165, 1.54) is 0 Å². The smallest absolute Gasteiger partial charge is 0.255 e. The maximum absolute atomic E-state index is 12.6. The number of rotatable bonds is 7. The number of methoxy groups -OCH3 is 2. The lowest BCUT2D eigenvalue weighted by Gasteiger charge is -2.13.